The second kappa shape index (κ2) is 11.0. The van der Waals surface area contributed by atoms with Crippen LogP contribution in [-0.2, 0) is 4.74 Å². The number of nitrogens with one attached hydrogen (secondary N) is 3. The number of anilines is 2. The molecule has 3 N–H and O–H groups in total. The standard InChI is InChI=1S/C22H26N8O4/c1-22(2,3)34-21(31)25-7-5-9-33-16-6-8-24-20(32-4)19(16)15-10-17(30-29-15)28-18-13-26-14(11-23)12-27-18/h6,8,10,12-13H,5,7,9H2,1-4H3,(H,25,31)(H2,27,28,29,30). The van der Waals surface area contributed by atoms with Gasteiger partial charge in [-0.1, -0.05) is 0 Å². The number of methoxy groups -OCH3 is 1. The van der Waals surface area contributed by atoms with Crippen LogP contribution in [0.1, 0.15) is 32.9 Å². The Balaban J connectivity index is 1.64. The number of hydrogen-bond donors (Lipinski definition) is 3. The highest BCUT2D eigenvalue weighted by Gasteiger charge is 2.18. The zero-order valence-electron chi connectivity index (χ0n) is 19.4. The molecule has 3 aromatic heterocycles. The molecule has 0 aromatic carbocycles. The second-order valence-electron chi connectivity index (χ2n) is 8.01. The number of alkyl carbamates (subject to hydrolysis) is 1. The minimum Gasteiger partial charge on any atom is -0.493 e. The number of nitrogens with zero attached hydrogens (tertiary/aromatic N) is 5. The van der Waals surface area contributed by atoms with Crippen LogP contribution in [0.2, 0.25) is 0 Å². The molecule has 0 bridgehead atoms. The number of ether oxygens (including phenoxy) is 3. The van der Waals surface area contributed by atoms with E-state index in [2.05, 4.69) is 35.8 Å². The average Bonchev–Trinajstić information content (AvgIpc) is 3.25. The maximum atomic E-state index is 11.7. The highest BCUT2D eigenvalue weighted by atomic mass is 16.6. The molecule has 0 aliphatic heterocycles. The van der Waals surface area contributed by atoms with Crippen molar-refractivity contribution in [2.75, 3.05) is 25.6 Å². The summed E-state index contributed by atoms with van der Waals surface area (Å²) in [5.74, 6) is 1.81. The number of hydrogen-bond acceptors (Lipinski definition) is 10. The third-order valence-electron chi connectivity index (χ3n) is 4.19. The Morgan fingerprint density at radius 3 is 2.71 bits per heavy atom. The van der Waals surface area contributed by atoms with Gasteiger partial charge in [-0.3, -0.25) is 5.10 Å². The molecule has 34 heavy (non-hydrogen) atoms. The number of carbonyl (C=O) groups excluding carboxylic acids is 1. The smallest absolute Gasteiger partial charge is 0.407 e. The lowest BCUT2D eigenvalue weighted by Crippen LogP contribution is -2.33. The van der Waals surface area contributed by atoms with Gasteiger partial charge < -0.3 is 24.8 Å². The Morgan fingerprint density at radius 1 is 1.21 bits per heavy atom. The van der Waals surface area contributed by atoms with Crippen LogP contribution in [0.15, 0.2) is 30.7 Å². The summed E-state index contributed by atoms with van der Waals surface area (Å²) in [6.07, 6.45) is 4.49. The molecule has 0 saturated heterocycles. The Kier molecular flexibility index (Phi) is 7.81. The first-order chi connectivity index (χ1) is 16.3. The van der Waals surface area contributed by atoms with Crippen molar-refractivity contribution >= 4 is 17.7 Å². The van der Waals surface area contributed by atoms with E-state index < -0.39 is 11.7 Å². The zero-order chi connectivity index (χ0) is 24.6. The topological polar surface area (TPSA) is 160 Å². The first-order valence-electron chi connectivity index (χ1n) is 10.5. The Hall–Kier alpha value is -4.40. The molecule has 3 rings (SSSR count). The summed E-state index contributed by atoms with van der Waals surface area (Å²) in [7, 11) is 1.52. The van der Waals surface area contributed by atoms with Crippen LogP contribution >= 0.6 is 0 Å². The van der Waals surface area contributed by atoms with Gasteiger partial charge in [0.15, 0.2) is 11.5 Å². The number of pyridine rings is 1. The lowest BCUT2D eigenvalue weighted by Gasteiger charge is -2.19. The summed E-state index contributed by atoms with van der Waals surface area (Å²) in [5.41, 5.74) is 0.872. The van der Waals surface area contributed by atoms with Crippen LogP contribution in [0.25, 0.3) is 11.3 Å². The average molecular weight is 467 g/mol. The van der Waals surface area contributed by atoms with Crippen LogP contribution in [0.3, 0.4) is 0 Å². The molecule has 178 valence electrons. The predicted octanol–water partition coefficient (Wildman–Crippen LogP) is 3.18. The summed E-state index contributed by atoms with van der Waals surface area (Å²) < 4.78 is 16.6. The summed E-state index contributed by atoms with van der Waals surface area (Å²) >= 11 is 0. The predicted molar refractivity (Wildman–Crippen MR) is 123 cm³/mol. The van der Waals surface area contributed by atoms with Crippen molar-refractivity contribution in [2.45, 2.75) is 32.8 Å². The highest BCUT2D eigenvalue weighted by Crippen LogP contribution is 2.36. The lowest BCUT2D eigenvalue weighted by atomic mass is 10.2. The molecule has 12 heteroatoms. The molecule has 0 aliphatic rings. The number of aromatic nitrogens is 5. The molecule has 0 spiro atoms. The van der Waals surface area contributed by atoms with Gasteiger partial charge in [0.05, 0.1) is 31.8 Å². The molecular weight excluding hydrogens is 440 g/mol. The van der Waals surface area contributed by atoms with Crippen LogP contribution < -0.4 is 20.1 Å². The molecule has 0 saturated carbocycles. The largest absolute Gasteiger partial charge is 0.493 e. The highest BCUT2D eigenvalue weighted by molar-refractivity contribution is 5.74. The monoisotopic (exact) mass is 466 g/mol. The lowest BCUT2D eigenvalue weighted by molar-refractivity contribution is 0.0525. The van der Waals surface area contributed by atoms with E-state index in [9.17, 15) is 4.79 Å². The van der Waals surface area contributed by atoms with Crippen LogP contribution in [0.4, 0.5) is 16.4 Å². The van der Waals surface area contributed by atoms with E-state index in [0.29, 0.717) is 54.1 Å². The summed E-state index contributed by atoms with van der Waals surface area (Å²) in [5, 5.41) is 21.7. The molecule has 0 radical (unpaired) electrons. The fraction of sp³-hybridized carbons (Fsp3) is 0.364. The van der Waals surface area contributed by atoms with Gasteiger partial charge >= 0.3 is 6.09 Å². The first kappa shape index (κ1) is 24.2. The number of H-pyrrole nitrogens is 1. The maximum absolute atomic E-state index is 11.7. The van der Waals surface area contributed by atoms with Crippen LogP contribution in [-0.4, -0.2) is 57.1 Å². The minimum atomic E-state index is -0.548. The van der Waals surface area contributed by atoms with Gasteiger partial charge in [-0.2, -0.15) is 10.4 Å². The molecule has 0 fully saturated rings. The van der Waals surface area contributed by atoms with Gasteiger partial charge in [-0.25, -0.2) is 19.7 Å². The van der Waals surface area contributed by atoms with Crippen LogP contribution in [0.5, 0.6) is 11.6 Å². The van der Waals surface area contributed by atoms with Crippen molar-refractivity contribution in [3.05, 3.63) is 36.4 Å². The third kappa shape index (κ3) is 6.80. The fourth-order valence-electron chi connectivity index (χ4n) is 2.80. The molecule has 3 heterocycles. The van der Waals surface area contributed by atoms with Crippen molar-refractivity contribution in [3.8, 4) is 29.0 Å². The Bertz CT molecular complexity index is 1150. The second-order valence-corrected chi connectivity index (χ2v) is 8.01. The van der Waals surface area contributed by atoms with Crippen LogP contribution in [0, 0.1) is 11.3 Å². The van der Waals surface area contributed by atoms with Gasteiger partial charge in [0.1, 0.15) is 28.8 Å². The van der Waals surface area contributed by atoms with Gasteiger partial charge in [0.2, 0.25) is 5.88 Å². The van der Waals surface area contributed by atoms with Crippen molar-refractivity contribution in [1.29, 1.82) is 5.26 Å². The van der Waals surface area contributed by atoms with Gasteiger partial charge in [-0.15, -0.1) is 0 Å². The minimum absolute atomic E-state index is 0.219. The SMILES string of the molecule is COc1nccc(OCCCNC(=O)OC(C)(C)C)c1-c1cc(Nc2cnc(C#N)cn2)n[nH]1. The van der Waals surface area contributed by atoms with E-state index in [1.807, 2.05) is 26.8 Å². The third-order valence-corrected chi connectivity index (χ3v) is 4.19. The van der Waals surface area contributed by atoms with Crippen molar-refractivity contribution in [3.63, 3.8) is 0 Å². The van der Waals surface area contributed by atoms with Crippen molar-refractivity contribution < 1.29 is 19.0 Å². The van der Waals surface area contributed by atoms with Crippen molar-refractivity contribution in [1.82, 2.24) is 30.5 Å². The Labute approximate surface area is 196 Å². The van der Waals surface area contributed by atoms with Crippen molar-refractivity contribution in [2.24, 2.45) is 0 Å². The summed E-state index contributed by atoms with van der Waals surface area (Å²) in [6, 6.07) is 5.38. The van der Waals surface area contributed by atoms with Gasteiger partial charge in [0, 0.05) is 18.8 Å². The van der Waals surface area contributed by atoms with Gasteiger partial charge in [0.25, 0.3) is 0 Å². The summed E-state index contributed by atoms with van der Waals surface area (Å²) in [6.45, 7) is 6.17. The first-order valence-corrected chi connectivity index (χ1v) is 10.5. The van der Waals surface area contributed by atoms with E-state index in [1.165, 1.54) is 19.5 Å². The maximum Gasteiger partial charge on any atom is 0.407 e. The van der Waals surface area contributed by atoms with E-state index >= 15 is 0 Å². The number of nitriles is 1. The number of carbonyl (C=O) groups is 1. The fourth-order valence-corrected chi connectivity index (χ4v) is 2.80. The van der Waals surface area contributed by atoms with E-state index in [-0.39, 0.29) is 5.69 Å². The summed E-state index contributed by atoms with van der Waals surface area (Å²) in [4.78, 5) is 24.1. The normalized spacial score (nSPS) is 10.8. The molecular formula is C22H26N8O4. The molecule has 12 nitrogen and oxygen atoms in total. The number of aromatic amines is 1. The number of amides is 1. The quantitative estimate of drug-likeness (QED) is 0.400. The van der Waals surface area contributed by atoms with E-state index in [0.717, 1.165) is 0 Å². The number of rotatable bonds is 9. The molecule has 3 aromatic rings. The molecule has 0 aliphatic carbocycles. The molecule has 0 unspecified atom stereocenters. The molecule has 0 atom stereocenters. The Morgan fingerprint density at radius 2 is 2.03 bits per heavy atom. The van der Waals surface area contributed by atoms with E-state index in [1.54, 1.807) is 18.3 Å². The van der Waals surface area contributed by atoms with E-state index in [4.69, 9.17) is 19.5 Å². The van der Waals surface area contributed by atoms with Gasteiger partial charge in [-0.05, 0) is 33.3 Å². The zero-order valence-corrected chi connectivity index (χ0v) is 19.4. The molecule has 1 amide bonds.